The van der Waals surface area contributed by atoms with Gasteiger partial charge in [0, 0.05) is 4.88 Å². The van der Waals surface area contributed by atoms with E-state index in [0.717, 1.165) is 12.4 Å². The molecule has 0 saturated carbocycles. The number of aromatic nitrogens is 3. The lowest BCUT2D eigenvalue weighted by Gasteiger charge is -1.94. The molecular weight excluding hydrogens is 277 g/mol. The van der Waals surface area contributed by atoms with Crippen LogP contribution >= 0.6 is 23.1 Å². The molecule has 2 aromatic rings. The lowest BCUT2D eigenvalue weighted by molar-refractivity contribution is -0.136. The van der Waals surface area contributed by atoms with E-state index in [2.05, 4.69) is 15.0 Å². The molecule has 8 heteroatoms. The van der Waals surface area contributed by atoms with Gasteiger partial charge in [-0.1, -0.05) is 0 Å². The summed E-state index contributed by atoms with van der Waals surface area (Å²) >= 11 is 2.47. The Balaban J connectivity index is 2.14. The maximum Gasteiger partial charge on any atom is 0.308 e. The molecule has 0 aromatic carbocycles. The fraction of sp³-hybridized carbons (Fsp3) is 0.200. The second-order valence-electron chi connectivity index (χ2n) is 3.34. The van der Waals surface area contributed by atoms with Gasteiger partial charge in [-0.2, -0.15) is 0 Å². The Bertz CT molecular complexity index is 571. The van der Waals surface area contributed by atoms with Crippen molar-refractivity contribution in [3.05, 3.63) is 28.8 Å². The summed E-state index contributed by atoms with van der Waals surface area (Å²) in [6, 6.07) is 0. The molecule has 0 saturated heterocycles. The van der Waals surface area contributed by atoms with Gasteiger partial charge in [-0.05, 0) is 18.7 Å². The highest BCUT2D eigenvalue weighted by Gasteiger charge is 2.12. The molecule has 0 spiro atoms. The molecule has 94 valence electrons. The highest BCUT2D eigenvalue weighted by molar-refractivity contribution is 8.00. The number of carbonyl (C=O) groups is 1. The first-order valence-corrected chi connectivity index (χ1v) is 6.51. The number of aryl methyl sites for hydroxylation is 1. The monoisotopic (exact) mass is 285 g/mol. The first kappa shape index (κ1) is 12.9. The minimum Gasteiger partial charge on any atom is -0.481 e. The van der Waals surface area contributed by atoms with Crippen molar-refractivity contribution >= 4 is 29.1 Å². The third-order valence-corrected chi connectivity index (χ3v) is 4.07. The van der Waals surface area contributed by atoms with Gasteiger partial charge >= 0.3 is 5.97 Å². The van der Waals surface area contributed by atoms with Gasteiger partial charge in [0.05, 0.1) is 24.5 Å². The summed E-state index contributed by atoms with van der Waals surface area (Å²) in [5, 5.41) is 9.11. The maximum atomic E-state index is 12.6. The van der Waals surface area contributed by atoms with E-state index in [1.807, 2.05) is 0 Å². The molecule has 0 amide bonds. The molecule has 0 aliphatic rings. The van der Waals surface area contributed by atoms with Crippen LogP contribution in [-0.2, 0) is 11.2 Å². The fourth-order valence-electron chi connectivity index (χ4n) is 1.18. The van der Waals surface area contributed by atoms with Gasteiger partial charge < -0.3 is 5.11 Å². The molecule has 5 nitrogen and oxygen atoms in total. The van der Waals surface area contributed by atoms with Gasteiger partial charge in [-0.15, -0.1) is 11.3 Å². The minimum atomic E-state index is -0.892. The number of carboxylic acids is 1. The third kappa shape index (κ3) is 3.23. The molecule has 0 aliphatic heterocycles. The molecule has 0 fully saturated rings. The van der Waals surface area contributed by atoms with Gasteiger partial charge in [0.25, 0.3) is 0 Å². The Morgan fingerprint density at radius 1 is 1.50 bits per heavy atom. The van der Waals surface area contributed by atoms with Crippen LogP contribution in [0.25, 0.3) is 0 Å². The number of halogens is 1. The lowest BCUT2D eigenvalue weighted by atomic mass is 10.3. The van der Waals surface area contributed by atoms with Crippen molar-refractivity contribution in [3.63, 3.8) is 0 Å². The van der Waals surface area contributed by atoms with Crippen LogP contribution < -0.4 is 0 Å². The van der Waals surface area contributed by atoms with Crippen LogP contribution in [0.2, 0.25) is 0 Å². The van der Waals surface area contributed by atoms with Crippen molar-refractivity contribution in [1.82, 2.24) is 15.0 Å². The Labute approximate surface area is 110 Å². The fourth-order valence-corrected chi connectivity index (χ4v) is 3.20. The zero-order valence-corrected chi connectivity index (χ0v) is 10.9. The summed E-state index contributed by atoms with van der Waals surface area (Å²) in [6.07, 6.45) is 2.11. The Morgan fingerprint density at radius 2 is 2.17 bits per heavy atom. The first-order valence-electron chi connectivity index (χ1n) is 4.88. The van der Waals surface area contributed by atoms with E-state index in [9.17, 15) is 9.18 Å². The maximum absolute atomic E-state index is 12.6. The van der Waals surface area contributed by atoms with Crippen molar-refractivity contribution in [3.8, 4) is 0 Å². The average molecular weight is 285 g/mol. The molecule has 0 atom stereocenters. The predicted octanol–water partition coefficient (Wildman–Crippen LogP) is 2.16. The van der Waals surface area contributed by atoms with Crippen LogP contribution in [-0.4, -0.2) is 26.0 Å². The second kappa shape index (κ2) is 5.40. The summed E-state index contributed by atoms with van der Waals surface area (Å²) < 4.78 is 13.3. The van der Waals surface area contributed by atoms with Crippen LogP contribution in [0, 0.1) is 12.7 Å². The van der Waals surface area contributed by atoms with Crippen molar-refractivity contribution in [1.29, 1.82) is 0 Å². The summed E-state index contributed by atoms with van der Waals surface area (Å²) in [6.45, 7) is 1.75. The number of nitrogens with zero attached hydrogens (tertiary/aromatic N) is 3. The Kier molecular flexibility index (Phi) is 3.87. The zero-order chi connectivity index (χ0) is 13.1. The largest absolute Gasteiger partial charge is 0.481 e. The minimum absolute atomic E-state index is 0.0473. The van der Waals surface area contributed by atoms with Gasteiger partial charge in [0.2, 0.25) is 0 Å². The average Bonchev–Trinajstić information content (AvgIpc) is 2.62. The van der Waals surface area contributed by atoms with Crippen molar-refractivity contribution in [2.45, 2.75) is 22.8 Å². The van der Waals surface area contributed by atoms with E-state index in [4.69, 9.17) is 5.11 Å². The molecule has 2 aromatic heterocycles. The molecule has 0 bridgehead atoms. The topological polar surface area (TPSA) is 76.0 Å². The first-order chi connectivity index (χ1) is 8.54. The van der Waals surface area contributed by atoms with Crippen LogP contribution in [0.1, 0.15) is 10.6 Å². The summed E-state index contributed by atoms with van der Waals surface area (Å²) in [5.74, 6) is -1.39. The van der Waals surface area contributed by atoms with Gasteiger partial charge in [0.15, 0.2) is 15.3 Å². The molecule has 2 rings (SSSR count). The van der Waals surface area contributed by atoms with E-state index in [-0.39, 0.29) is 6.42 Å². The molecule has 18 heavy (non-hydrogen) atoms. The number of hydrogen-bond donors (Lipinski definition) is 1. The van der Waals surface area contributed by atoms with Crippen LogP contribution in [0.15, 0.2) is 21.9 Å². The molecule has 1 N–H and O–H groups in total. The number of rotatable bonds is 4. The quantitative estimate of drug-likeness (QED) is 0.868. The van der Waals surface area contributed by atoms with Crippen molar-refractivity contribution < 1.29 is 14.3 Å². The van der Waals surface area contributed by atoms with Crippen LogP contribution in [0.5, 0.6) is 0 Å². The van der Waals surface area contributed by atoms with Crippen molar-refractivity contribution in [2.24, 2.45) is 0 Å². The smallest absolute Gasteiger partial charge is 0.308 e. The van der Waals surface area contributed by atoms with Gasteiger partial charge in [-0.25, -0.2) is 19.3 Å². The van der Waals surface area contributed by atoms with E-state index >= 15 is 0 Å². The SMILES string of the molecule is Cc1nc(Sc2ncc(F)cn2)sc1CC(=O)O. The molecule has 2 heterocycles. The van der Waals surface area contributed by atoms with Gasteiger partial charge in [-0.3, -0.25) is 4.79 Å². The van der Waals surface area contributed by atoms with Crippen LogP contribution in [0.3, 0.4) is 0 Å². The third-order valence-electron chi connectivity index (χ3n) is 1.96. The Hall–Kier alpha value is -1.54. The molecule has 0 radical (unpaired) electrons. The van der Waals surface area contributed by atoms with Crippen LogP contribution in [0.4, 0.5) is 4.39 Å². The number of aliphatic carboxylic acids is 1. The normalized spacial score (nSPS) is 10.6. The van der Waals surface area contributed by atoms with E-state index in [0.29, 0.717) is 20.1 Å². The molecule has 0 unspecified atom stereocenters. The van der Waals surface area contributed by atoms with Crippen molar-refractivity contribution in [2.75, 3.05) is 0 Å². The van der Waals surface area contributed by atoms with Gasteiger partial charge in [0.1, 0.15) is 0 Å². The zero-order valence-electron chi connectivity index (χ0n) is 9.25. The predicted molar refractivity (Wildman–Crippen MR) is 64.3 cm³/mol. The number of thiazole rings is 1. The standard InChI is InChI=1S/C10H8FN3O2S2/c1-5-7(2-8(15)16)17-10(14-5)18-9-12-3-6(11)4-13-9/h3-4H,2H2,1H3,(H,15,16). The summed E-state index contributed by atoms with van der Waals surface area (Å²) in [5.41, 5.74) is 0.687. The second-order valence-corrected chi connectivity index (χ2v) is 5.64. The lowest BCUT2D eigenvalue weighted by Crippen LogP contribution is -1.99. The number of hydrogen-bond acceptors (Lipinski definition) is 6. The highest BCUT2D eigenvalue weighted by Crippen LogP contribution is 2.31. The summed E-state index contributed by atoms with van der Waals surface area (Å²) in [4.78, 5) is 23.2. The molecular formula is C10H8FN3O2S2. The highest BCUT2D eigenvalue weighted by atomic mass is 32.2. The summed E-state index contributed by atoms with van der Waals surface area (Å²) in [7, 11) is 0. The van der Waals surface area contributed by atoms with E-state index in [1.54, 1.807) is 6.92 Å². The Morgan fingerprint density at radius 3 is 2.78 bits per heavy atom. The van der Waals surface area contributed by atoms with E-state index < -0.39 is 11.8 Å². The molecule has 0 aliphatic carbocycles. The van der Waals surface area contributed by atoms with E-state index in [1.165, 1.54) is 23.1 Å². The number of carboxylic acid groups (broad SMARTS) is 1.